The van der Waals surface area contributed by atoms with Crippen molar-refractivity contribution in [3.05, 3.63) is 6.92 Å². The first-order chi connectivity index (χ1) is 3.62. The van der Waals surface area contributed by atoms with Gasteiger partial charge in [-0.3, -0.25) is 4.39 Å². The lowest BCUT2D eigenvalue weighted by Gasteiger charge is -2.09. The van der Waals surface area contributed by atoms with Crippen molar-refractivity contribution in [2.45, 2.75) is 18.8 Å². The summed E-state index contributed by atoms with van der Waals surface area (Å²) >= 11 is 0. The molecule has 0 saturated carbocycles. The van der Waals surface area contributed by atoms with Crippen molar-refractivity contribution in [2.24, 2.45) is 0 Å². The third-order valence-corrected chi connectivity index (χ3v) is 0.826. The van der Waals surface area contributed by atoms with Gasteiger partial charge in [0.15, 0.2) is 0 Å². The summed E-state index contributed by atoms with van der Waals surface area (Å²) in [5.74, 6) is -2.89. The Labute approximate surface area is 46.7 Å². The van der Waals surface area contributed by atoms with Gasteiger partial charge in [0, 0.05) is 12.8 Å². The van der Waals surface area contributed by atoms with Gasteiger partial charge >= 0.3 is 0 Å². The lowest BCUT2D eigenvalue weighted by molar-refractivity contribution is -0.0105. The van der Waals surface area contributed by atoms with Crippen LogP contribution in [0.2, 0.25) is 0 Å². The van der Waals surface area contributed by atoms with Crippen LogP contribution in [0.4, 0.5) is 13.2 Å². The summed E-state index contributed by atoms with van der Waals surface area (Å²) in [5.41, 5.74) is 0. The van der Waals surface area contributed by atoms with Crippen LogP contribution in [0.1, 0.15) is 12.8 Å². The fourth-order valence-corrected chi connectivity index (χ4v) is 0.263. The van der Waals surface area contributed by atoms with Crippen LogP contribution in [0.25, 0.3) is 0 Å². The number of halogens is 3. The normalized spacial score (nSPS) is 12.0. The van der Waals surface area contributed by atoms with E-state index in [-0.39, 0.29) is 0 Å². The lowest BCUT2D eigenvalue weighted by Crippen LogP contribution is -2.14. The second kappa shape index (κ2) is 2.95. The fourth-order valence-electron chi connectivity index (χ4n) is 0.263. The van der Waals surface area contributed by atoms with Gasteiger partial charge in [-0.2, -0.15) is 0 Å². The van der Waals surface area contributed by atoms with Gasteiger partial charge < -0.3 is 0 Å². The molecular weight excluding hydrogens is 117 g/mol. The molecule has 0 unspecified atom stereocenters. The molecule has 0 aromatic heterocycles. The van der Waals surface area contributed by atoms with Crippen molar-refractivity contribution >= 4 is 0 Å². The molecule has 0 aromatic rings. The van der Waals surface area contributed by atoms with Crippen LogP contribution < -0.4 is 0 Å². The van der Waals surface area contributed by atoms with Crippen molar-refractivity contribution in [3.8, 4) is 0 Å². The van der Waals surface area contributed by atoms with Gasteiger partial charge in [0.05, 0.1) is 6.67 Å². The molecule has 0 bridgehead atoms. The number of rotatable bonds is 3. The van der Waals surface area contributed by atoms with E-state index in [4.69, 9.17) is 0 Å². The molecule has 0 amide bonds. The minimum atomic E-state index is -2.89. The Morgan fingerprint density at radius 2 is 1.88 bits per heavy atom. The van der Waals surface area contributed by atoms with Gasteiger partial charge in [0.1, 0.15) is 0 Å². The molecule has 1 radical (unpaired) electrons. The maximum absolute atomic E-state index is 11.9. The molecule has 0 aliphatic rings. The summed E-state index contributed by atoms with van der Waals surface area (Å²) in [6.07, 6.45) is -1.21. The summed E-state index contributed by atoms with van der Waals surface area (Å²) in [6, 6.07) is 0. The first-order valence-corrected chi connectivity index (χ1v) is 2.35. The van der Waals surface area contributed by atoms with Crippen LogP contribution in [0.3, 0.4) is 0 Å². The van der Waals surface area contributed by atoms with E-state index in [0.717, 1.165) is 0 Å². The van der Waals surface area contributed by atoms with Crippen molar-refractivity contribution in [2.75, 3.05) is 6.67 Å². The third-order valence-electron chi connectivity index (χ3n) is 0.826. The number of hydrogen-bond acceptors (Lipinski definition) is 0. The average Bonchev–Trinajstić information content (AvgIpc) is 1.67. The van der Waals surface area contributed by atoms with E-state index < -0.39 is 25.4 Å². The van der Waals surface area contributed by atoms with E-state index in [9.17, 15) is 13.2 Å². The Kier molecular flexibility index (Phi) is 2.87. The molecule has 0 atom stereocenters. The molecule has 49 valence electrons. The molecule has 0 N–H and O–H groups in total. The molecule has 0 spiro atoms. The number of alkyl halides is 3. The smallest absolute Gasteiger partial charge is 0.250 e. The zero-order valence-corrected chi connectivity index (χ0v) is 4.46. The highest BCUT2D eigenvalue weighted by molar-refractivity contribution is 4.65. The van der Waals surface area contributed by atoms with Crippen LogP contribution in [-0.2, 0) is 0 Å². The van der Waals surface area contributed by atoms with Gasteiger partial charge in [-0.25, -0.2) is 8.78 Å². The largest absolute Gasteiger partial charge is 0.251 e. The molecule has 0 aliphatic heterocycles. The summed E-state index contributed by atoms with van der Waals surface area (Å²) in [6.45, 7) is 1.99. The van der Waals surface area contributed by atoms with Crippen molar-refractivity contribution in [3.63, 3.8) is 0 Å². The second-order valence-electron chi connectivity index (χ2n) is 1.54. The molecule has 0 aromatic carbocycles. The van der Waals surface area contributed by atoms with Crippen molar-refractivity contribution in [1.82, 2.24) is 0 Å². The Hall–Kier alpha value is -0.210. The molecular formula is C5H8F3. The first kappa shape index (κ1) is 7.79. The molecule has 3 heteroatoms. The third kappa shape index (κ3) is 2.88. The highest BCUT2D eigenvalue weighted by Crippen LogP contribution is 2.21. The average molecular weight is 125 g/mol. The molecule has 0 nitrogen and oxygen atoms in total. The van der Waals surface area contributed by atoms with Gasteiger partial charge in [0.2, 0.25) is 0 Å². The predicted molar refractivity (Wildman–Crippen MR) is 25.5 cm³/mol. The fraction of sp³-hybridized carbons (Fsp3) is 0.800. The monoisotopic (exact) mass is 125 g/mol. The Bertz CT molecular complexity index is 60.7. The summed E-state index contributed by atoms with van der Waals surface area (Å²) in [4.78, 5) is 0. The Balaban J connectivity index is 3.37. The zero-order valence-electron chi connectivity index (χ0n) is 4.46. The van der Waals surface area contributed by atoms with E-state index in [0.29, 0.717) is 0 Å². The quantitative estimate of drug-likeness (QED) is 0.542. The first-order valence-electron chi connectivity index (χ1n) is 2.35. The van der Waals surface area contributed by atoms with Crippen LogP contribution >= 0.6 is 0 Å². The van der Waals surface area contributed by atoms with E-state index in [2.05, 4.69) is 6.92 Å². The molecule has 0 saturated heterocycles. The highest BCUT2D eigenvalue weighted by atomic mass is 19.3. The number of hydrogen-bond donors (Lipinski definition) is 0. The van der Waals surface area contributed by atoms with Gasteiger partial charge in [-0.05, 0) is 6.92 Å². The Morgan fingerprint density at radius 1 is 1.38 bits per heavy atom. The molecule has 0 fully saturated rings. The molecule has 0 heterocycles. The lowest BCUT2D eigenvalue weighted by atomic mass is 10.2. The Morgan fingerprint density at radius 3 is 2.00 bits per heavy atom. The molecule has 8 heavy (non-hydrogen) atoms. The zero-order chi connectivity index (χ0) is 6.62. The minimum absolute atomic E-state index is 0.517. The summed E-state index contributed by atoms with van der Waals surface area (Å²) in [7, 11) is 0. The highest BCUT2D eigenvalue weighted by Gasteiger charge is 2.24. The summed E-state index contributed by atoms with van der Waals surface area (Å²) < 4.78 is 34.9. The van der Waals surface area contributed by atoms with Crippen LogP contribution in [-0.4, -0.2) is 12.6 Å². The van der Waals surface area contributed by atoms with Crippen molar-refractivity contribution < 1.29 is 13.2 Å². The molecule has 0 rings (SSSR count). The topological polar surface area (TPSA) is 0 Å². The maximum Gasteiger partial charge on any atom is 0.250 e. The van der Waals surface area contributed by atoms with Crippen LogP contribution in [0.5, 0.6) is 0 Å². The maximum atomic E-state index is 11.9. The van der Waals surface area contributed by atoms with Gasteiger partial charge in [-0.1, -0.05) is 0 Å². The van der Waals surface area contributed by atoms with E-state index in [1.165, 1.54) is 0 Å². The second-order valence-corrected chi connectivity index (χ2v) is 1.54. The standard InChI is InChI=1S/C5H8F3/c1-2-5(7,8)3-4-6/h1-4H2. The predicted octanol–water partition coefficient (Wildman–Crippen LogP) is 2.21. The van der Waals surface area contributed by atoms with Crippen LogP contribution in [0, 0.1) is 6.92 Å². The van der Waals surface area contributed by atoms with Gasteiger partial charge in [-0.15, -0.1) is 0 Å². The summed E-state index contributed by atoms with van der Waals surface area (Å²) in [5, 5.41) is 0. The SMILES string of the molecule is [CH2]CC(F)(F)CCF. The minimum Gasteiger partial charge on any atom is -0.251 e. The van der Waals surface area contributed by atoms with Crippen LogP contribution in [0.15, 0.2) is 0 Å². The van der Waals surface area contributed by atoms with E-state index in [1.807, 2.05) is 0 Å². The van der Waals surface area contributed by atoms with Gasteiger partial charge in [0.25, 0.3) is 5.92 Å². The van der Waals surface area contributed by atoms with Crippen molar-refractivity contribution in [1.29, 1.82) is 0 Å². The van der Waals surface area contributed by atoms with E-state index >= 15 is 0 Å². The molecule has 0 aliphatic carbocycles. The van der Waals surface area contributed by atoms with E-state index in [1.54, 1.807) is 0 Å².